The monoisotopic (exact) mass is 276 g/mol. The van der Waals surface area contributed by atoms with E-state index >= 15 is 0 Å². The second-order valence-electron chi connectivity index (χ2n) is 4.11. The Labute approximate surface area is 109 Å². The van der Waals surface area contributed by atoms with Gasteiger partial charge in [0.2, 0.25) is 0 Å². The molecule has 0 heterocycles. The minimum Gasteiger partial charge on any atom is -0.479 e. The van der Waals surface area contributed by atoms with Crippen molar-refractivity contribution in [2.24, 2.45) is 0 Å². The molecule has 0 aliphatic carbocycles. The molecule has 1 rings (SSSR count). The smallest absolute Gasteiger partial charge is 0.416 e. The van der Waals surface area contributed by atoms with Crippen LogP contribution in [-0.4, -0.2) is 17.2 Å². The Morgan fingerprint density at radius 3 is 2.63 bits per heavy atom. The lowest BCUT2D eigenvalue weighted by atomic mass is 10.1. The van der Waals surface area contributed by atoms with Gasteiger partial charge in [-0.25, -0.2) is 4.79 Å². The Balaban J connectivity index is 2.82. The molecular formula is C13H15F3O3. The number of carboxylic acids is 1. The molecule has 0 fully saturated rings. The summed E-state index contributed by atoms with van der Waals surface area (Å²) in [6.07, 6.45) is -3.90. The van der Waals surface area contributed by atoms with Crippen LogP contribution in [0.3, 0.4) is 0 Å². The highest BCUT2D eigenvalue weighted by Gasteiger charge is 2.31. The molecule has 3 nitrogen and oxygen atoms in total. The summed E-state index contributed by atoms with van der Waals surface area (Å²) in [6, 6.07) is 4.23. The van der Waals surface area contributed by atoms with Gasteiger partial charge in [-0.2, -0.15) is 13.2 Å². The van der Waals surface area contributed by atoms with E-state index in [1.54, 1.807) is 0 Å². The molecule has 1 N–H and O–H groups in total. The summed E-state index contributed by atoms with van der Waals surface area (Å²) >= 11 is 0. The molecule has 0 bridgehead atoms. The van der Waals surface area contributed by atoms with Crippen LogP contribution in [0.2, 0.25) is 0 Å². The van der Waals surface area contributed by atoms with Gasteiger partial charge in [0.05, 0.1) is 5.56 Å². The van der Waals surface area contributed by atoms with Crippen LogP contribution in [0.15, 0.2) is 24.3 Å². The van der Waals surface area contributed by atoms with E-state index in [1.165, 1.54) is 12.1 Å². The zero-order chi connectivity index (χ0) is 14.5. The van der Waals surface area contributed by atoms with Crippen molar-refractivity contribution in [2.45, 2.75) is 38.5 Å². The van der Waals surface area contributed by atoms with Gasteiger partial charge in [-0.05, 0) is 31.0 Å². The Bertz CT molecular complexity index is 429. The number of halogens is 3. The number of rotatable bonds is 6. The number of carbonyl (C=O) groups is 1. The molecular weight excluding hydrogens is 261 g/mol. The van der Waals surface area contributed by atoms with Crippen LogP contribution in [0.5, 0.6) is 5.75 Å². The maximum atomic E-state index is 12.5. The molecule has 0 aliphatic rings. The SMILES string of the molecule is CCCCC(Oc1cccc(C(F)(F)F)c1)C(=O)O. The quantitative estimate of drug-likeness (QED) is 0.861. The van der Waals surface area contributed by atoms with Gasteiger partial charge in [0.1, 0.15) is 5.75 Å². The Morgan fingerprint density at radius 2 is 2.11 bits per heavy atom. The van der Waals surface area contributed by atoms with Crippen molar-refractivity contribution in [3.8, 4) is 5.75 Å². The van der Waals surface area contributed by atoms with Crippen molar-refractivity contribution in [3.05, 3.63) is 29.8 Å². The maximum Gasteiger partial charge on any atom is 0.416 e. The number of alkyl halides is 3. The van der Waals surface area contributed by atoms with Crippen LogP contribution in [0, 0.1) is 0 Å². The fourth-order valence-corrected chi connectivity index (χ4v) is 1.53. The van der Waals surface area contributed by atoms with E-state index in [-0.39, 0.29) is 12.2 Å². The first-order chi connectivity index (χ1) is 8.84. The zero-order valence-corrected chi connectivity index (χ0v) is 10.4. The van der Waals surface area contributed by atoms with Crippen molar-refractivity contribution in [3.63, 3.8) is 0 Å². The third-order valence-corrected chi connectivity index (χ3v) is 2.54. The van der Waals surface area contributed by atoms with Crippen molar-refractivity contribution >= 4 is 5.97 Å². The molecule has 0 spiro atoms. The molecule has 19 heavy (non-hydrogen) atoms. The van der Waals surface area contributed by atoms with Crippen molar-refractivity contribution in [1.29, 1.82) is 0 Å². The van der Waals surface area contributed by atoms with E-state index in [2.05, 4.69) is 0 Å². The molecule has 1 atom stereocenters. The van der Waals surface area contributed by atoms with Gasteiger partial charge in [-0.15, -0.1) is 0 Å². The number of carboxylic acid groups (broad SMARTS) is 1. The molecule has 6 heteroatoms. The van der Waals surface area contributed by atoms with Crippen LogP contribution in [-0.2, 0) is 11.0 Å². The van der Waals surface area contributed by atoms with Gasteiger partial charge >= 0.3 is 12.1 Å². The van der Waals surface area contributed by atoms with E-state index < -0.39 is 23.8 Å². The second kappa shape index (κ2) is 6.45. The van der Waals surface area contributed by atoms with Crippen LogP contribution < -0.4 is 4.74 Å². The minimum absolute atomic E-state index is 0.0849. The number of ether oxygens (including phenoxy) is 1. The van der Waals surface area contributed by atoms with Crippen LogP contribution in [0.1, 0.15) is 31.7 Å². The molecule has 0 saturated carbocycles. The molecule has 106 valence electrons. The molecule has 1 unspecified atom stereocenters. The normalized spacial score (nSPS) is 13.1. The van der Waals surface area contributed by atoms with Gasteiger partial charge in [-0.1, -0.05) is 19.4 Å². The minimum atomic E-state index is -4.47. The standard InChI is InChI=1S/C13H15F3O3/c1-2-3-7-11(12(17)18)19-10-6-4-5-9(8-10)13(14,15)16/h4-6,8,11H,2-3,7H2,1H3,(H,17,18). The molecule has 0 radical (unpaired) electrons. The van der Waals surface area contributed by atoms with E-state index in [1.807, 2.05) is 6.92 Å². The van der Waals surface area contributed by atoms with E-state index in [0.29, 0.717) is 6.42 Å². The van der Waals surface area contributed by atoms with Gasteiger partial charge < -0.3 is 9.84 Å². The summed E-state index contributed by atoms with van der Waals surface area (Å²) < 4.78 is 42.6. The Morgan fingerprint density at radius 1 is 1.42 bits per heavy atom. The predicted molar refractivity (Wildman–Crippen MR) is 63.0 cm³/mol. The van der Waals surface area contributed by atoms with Crippen molar-refractivity contribution < 1.29 is 27.8 Å². The van der Waals surface area contributed by atoms with E-state index in [0.717, 1.165) is 18.6 Å². The molecule has 1 aromatic carbocycles. The summed E-state index contributed by atoms with van der Waals surface area (Å²) in [5.74, 6) is -1.26. The summed E-state index contributed by atoms with van der Waals surface area (Å²) in [4.78, 5) is 10.9. The zero-order valence-electron chi connectivity index (χ0n) is 10.4. The highest BCUT2D eigenvalue weighted by atomic mass is 19.4. The largest absolute Gasteiger partial charge is 0.479 e. The molecule has 0 aliphatic heterocycles. The average Bonchev–Trinajstić information content (AvgIpc) is 2.33. The topological polar surface area (TPSA) is 46.5 Å². The fourth-order valence-electron chi connectivity index (χ4n) is 1.53. The van der Waals surface area contributed by atoms with Crippen molar-refractivity contribution in [1.82, 2.24) is 0 Å². The lowest BCUT2D eigenvalue weighted by molar-refractivity contribution is -0.145. The first-order valence-corrected chi connectivity index (χ1v) is 5.91. The number of benzene rings is 1. The lowest BCUT2D eigenvalue weighted by Gasteiger charge is -2.16. The Kier molecular flexibility index (Phi) is 5.20. The van der Waals surface area contributed by atoms with E-state index in [9.17, 15) is 18.0 Å². The summed E-state index contributed by atoms with van der Waals surface area (Å²) in [5, 5.41) is 8.94. The maximum absolute atomic E-state index is 12.5. The third-order valence-electron chi connectivity index (χ3n) is 2.54. The number of hydrogen-bond acceptors (Lipinski definition) is 2. The summed E-state index contributed by atoms with van der Waals surface area (Å²) in [6.45, 7) is 1.89. The molecule has 1 aromatic rings. The molecule has 0 saturated heterocycles. The fraction of sp³-hybridized carbons (Fsp3) is 0.462. The second-order valence-corrected chi connectivity index (χ2v) is 4.11. The van der Waals surface area contributed by atoms with Gasteiger partial charge in [-0.3, -0.25) is 0 Å². The predicted octanol–water partition coefficient (Wildman–Crippen LogP) is 3.73. The van der Waals surface area contributed by atoms with Gasteiger partial charge in [0.15, 0.2) is 6.10 Å². The first-order valence-electron chi connectivity index (χ1n) is 5.91. The van der Waals surface area contributed by atoms with Crippen LogP contribution in [0.4, 0.5) is 13.2 Å². The molecule has 0 amide bonds. The molecule has 0 aromatic heterocycles. The lowest BCUT2D eigenvalue weighted by Crippen LogP contribution is -2.27. The number of hydrogen-bond donors (Lipinski definition) is 1. The van der Waals surface area contributed by atoms with Crippen LogP contribution in [0.25, 0.3) is 0 Å². The third kappa shape index (κ3) is 4.81. The highest BCUT2D eigenvalue weighted by Crippen LogP contribution is 2.31. The number of unbranched alkanes of at least 4 members (excludes halogenated alkanes) is 1. The van der Waals surface area contributed by atoms with Gasteiger partial charge in [0, 0.05) is 0 Å². The Hall–Kier alpha value is -1.72. The summed E-state index contributed by atoms with van der Waals surface area (Å²) in [7, 11) is 0. The van der Waals surface area contributed by atoms with E-state index in [4.69, 9.17) is 9.84 Å². The van der Waals surface area contributed by atoms with Crippen LogP contribution >= 0.6 is 0 Å². The van der Waals surface area contributed by atoms with Crippen molar-refractivity contribution in [2.75, 3.05) is 0 Å². The average molecular weight is 276 g/mol. The summed E-state index contributed by atoms with van der Waals surface area (Å²) in [5.41, 5.74) is -0.857. The number of aliphatic carboxylic acids is 1. The van der Waals surface area contributed by atoms with Gasteiger partial charge in [0.25, 0.3) is 0 Å². The highest BCUT2D eigenvalue weighted by molar-refractivity contribution is 5.72. The first kappa shape index (κ1) is 15.3.